The van der Waals surface area contributed by atoms with Crippen molar-refractivity contribution >= 4 is 17.5 Å². The van der Waals surface area contributed by atoms with Crippen molar-refractivity contribution < 1.29 is 14.8 Å². The van der Waals surface area contributed by atoms with E-state index in [1.165, 1.54) is 6.92 Å². The topological polar surface area (TPSA) is 78.4 Å². The predicted octanol–water partition coefficient (Wildman–Crippen LogP) is 2.28. The van der Waals surface area contributed by atoms with Gasteiger partial charge in [-0.15, -0.1) is 0 Å². The quantitative estimate of drug-likeness (QED) is 0.595. The maximum atomic E-state index is 11.9. The summed E-state index contributed by atoms with van der Waals surface area (Å²) in [5.74, 6) is -1.27. The van der Waals surface area contributed by atoms with E-state index in [4.69, 9.17) is 5.21 Å². The van der Waals surface area contributed by atoms with Crippen LogP contribution in [0.2, 0.25) is 0 Å². The first-order chi connectivity index (χ1) is 10.1. The molecule has 2 rings (SSSR count). The van der Waals surface area contributed by atoms with Crippen LogP contribution in [0.3, 0.4) is 0 Å². The Labute approximate surface area is 122 Å². The van der Waals surface area contributed by atoms with Gasteiger partial charge in [-0.25, -0.2) is 5.48 Å². The van der Waals surface area contributed by atoms with E-state index in [0.717, 1.165) is 11.1 Å². The summed E-state index contributed by atoms with van der Waals surface area (Å²) in [6.07, 6.45) is 0. The summed E-state index contributed by atoms with van der Waals surface area (Å²) in [7, 11) is 0. The third-order valence-electron chi connectivity index (χ3n) is 3.07. The van der Waals surface area contributed by atoms with E-state index in [0.29, 0.717) is 5.69 Å². The minimum Gasteiger partial charge on any atom is -0.326 e. The maximum Gasteiger partial charge on any atom is 0.255 e. The van der Waals surface area contributed by atoms with Crippen LogP contribution < -0.4 is 10.8 Å². The molecule has 108 valence electrons. The van der Waals surface area contributed by atoms with Gasteiger partial charge in [0.2, 0.25) is 5.91 Å². The molecule has 0 bridgehead atoms. The zero-order valence-corrected chi connectivity index (χ0v) is 11.5. The second-order valence-electron chi connectivity index (χ2n) is 4.62. The van der Waals surface area contributed by atoms with Crippen LogP contribution in [0.5, 0.6) is 0 Å². The molecule has 0 aromatic heterocycles. The number of nitrogens with one attached hydrogen (secondary N) is 2. The Bertz CT molecular complexity index is 624. The van der Waals surface area contributed by atoms with Crippen molar-refractivity contribution in [3.63, 3.8) is 0 Å². The number of carbonyl (C=O) groups excluding carboxylic acids is 2. The molecule has 5 heteroatoms. The standard InChI is InChI=1S/C16H16N2O3/c1-11(19)17-14-9-7-13(8-10-14)15(16(20)18-21)12-5-3-2-4-6-12/h2-10,15,21H,1H3,(H,17,19)(H,18,20). The summed E-state index contributed by atoms with van der Waals surface area (Å²) >= 11 is 0. The summed E-state index contributed by atoms with van der Waals surface area (Å²) in [6, 6.07) is 16.1. The fourth-order valence-electron chi connectivity index (χ4n) is 2.17. The number of amides is 2. The van der Waals surface area contributed by atoms with Gasteiger partial charge >= 0.3 is 0 Å². The molecule has 2 aromatic rings. The molecular formula is C16H16N2O3. The van der Waals surface area contributed by atoms with Crippen molar-refractivity contribution in [3.05, 3.63) is 65.7 Å². The van der Waals surface area contributed by atoms with Crippen LogP contribution in [0.1, 0.15) is 24.0 Å². The van der Waals surface area contributed by atoms with Gasteiger partial charge in [-0.3, -0.25) is 14.8 Å². The Hall–Kier alpha value is -2.66. The van der Waals surface area contributed by atoms with Gasteiger partial charge in [0.05, 0.1) is 5.92 Å². The van der Waals surface area contributed by atoms with E-state index in [1.807, 2.05) is 30.3 Å². The Morgan fingerprint density at radius 3 is 2.05 bits per heavy atom. The van der Waals surface area contributed by atoms with Crippen LogP contribution in [0.25, 0.3) is 0 Å². The second-order valence-corrected chi connectivity index (χ2v) is 4.62. The summed E-state index contributed by atoms with van der Waals surface area (Å²) < 4.78 is 0. The van der Waals surface area contributed by atoms with E-state index in [-0.39, 0.29) is 5.91 Å². The van der Waals surface area contributed by atoms with Crippen LogP contribution in [0.4, 0.5) is 5.69 Å². The number of benzene rings is 2. The van der Waals surface area contributed by atoms with Crippen LogP contribution in [-0.4, -0.2) is 17.0 Å². The molecule has 0 fully saturated rings. The molecule has 21 heavy (non-hydrogen) atoms. The first-order valence-electron chi connectivity index (χ1n) is 6.48. The summed E-state index contributed by atoms with van der Waals surface area (Å²) in [4.78, 5) is 22.9. The van der Waals surface area contributed by atoms with E-state index in [2.05, 4.69) is 5.32 Å². The first-order valence-corrected chi connectivity index (χ1v) is 6.48. The highest BCUT2D eigenvalue weighted by atomic mass is 16.5. The molecule has 0 saturated heterocycles. The number of anilines is 1. The van der Waals surface area contributed by atoms with Gasteiger partial charge < -0.3 is 5.32 Å². The molecule has 0 aliphatic carbocycles. The fourth-order valence-corrected chi connectivity index (χ4v) is 2.17. The third-order valence-corrected chi connectivity index (χ3v) is 3.07. The zero-order chi connectivity index (χ0) is 15.2. The monoisotopic (exact) mass is 284 g/mol. The number of carbonyl (C=O) groups is 2. The van der Waals surface area contributed by atoms with Gasteiger partial charge in [0.1, 0.15) is 0 Å². The van der Waals surface area contributed by atoms with Crippen molar-refractivity contribution in [2.45, 2.75) is 12.8 Å². The SMILES string of the molecule is CC(=O)Nc1ccc(C(C(=O)NO)c2ccccc2)cc1. The van der Waals surface area contributed by atoms with Crippen LogP contribution in [-0.2, 0) is 9.59 Å². The van der Waals surface area contributed by atoms with Crippen LogP contribution >= 0.6 is 0 Å². The molecule has 1 unspecified atom stereocenters. The number of hydrogen-bond acceptors (Lipinski definition) is 3. The highest BCUT2D eigenvalue weighted by molar-refractivity contribution is 5.89. The first kappa shape index (κ1) is 14.7. The smallest absolute Gasteiger partial charge is 0.255 e. The average molecular weight is 284 g/mol. The molecule has 0 heterocycles. The van der Waals surface area contributed by atoms with Crippen molar-refractivity contribution in [1.29, 1.82) is 0 Å². The number of rotatable bonds is 4. The molecule has 0 aliphatic rings. The lowest BCUT2D eigenvalue weighted by Gasteiger charge is -2.16. The minimum absolute atomic E-state index is 0.157. The van der Waals surface area contributed by atoms with Crippen molar-refractivity contribution in [2.24, 2.45) is 0 Å². The molecule has 0 saturated carbocycles. The number of hydroxylamine groups is 1. The molecule has 0 radical (unpaired) electrons. The van der Waals surface area contributed by atoms with Crippen LogP contribution in [0, 0.1) is 0 Å². The zero-order valence-electron chi connectivity index (χ0n) is 11.5. The van der Waals surface area contributed by atoms with E-state index < -0.39 is 11.8 Å². The third kappa shape index (κ3) is 3.67. The van der Waals surface area contributed by atoms with Gasteiger partial charge in [0, 0.05) is 12.6 Å². The van der Waals surface area contributed by atoms with Gasteiger partial charge in [-0.2, -0.15) is 0 Å². The van der Waals surface area contributed by atoms with Crippen molar-refractivity contribution in [3.8, 4) is 0 Å². The lowest BCUT2D eigenvalue weighted by atomic mass is 9.90. The molecule has 5 nitrogen and oxygen atoms in total. The van der Waals surface area contributed by atoms with Gasteiger partial charge in [0.25, 0.3) is 5.91 Å². The fraction of sp³-hybridized carbons (Fsp3) is 0.125. The summed E-state index contributed by atoms with van der Waals surface area (Å²) in [6.45, 7) is 1.43. The van der Waals surface area contributed by atoms with Crippen molar-refractivity contribution in [1.82, 2.24) is 5.48 Å². The minimum atomic E-state index is -0.609. The second kappa shape index (κ2) is 6.67. The predicted molar refractivity (Wildman–Crippen MR) is 79.0 cm³/mol. The molecule has 2 amide bonds. The average Bonchev–Trinajstić information content (AvgIpc) is 2.49. The molecule has 0 aliphatic heterocycles. The normalized spacial score (nSPS) is 11.5. The Balaban J connectivity index is 2.33. The van der Waals surface area contributed by atoms with Gasteiger partial charge in [0.15, 0.2) is 0 Å². The summed E-state index contributed by atoms with van der Waals surface area (Å²) in [5, 5.41) is 11.6. The maximum absolute atomic E-state index is 11.9. The van der Waals surface area contributed by atoms with Gasteiger partial charge in [-0.1, -0.05) is 42.5 Å². The van der Waals surface area contributed by atoms with E-state index in [9.17, 15) is 9.59 Å². The molecular weight excluding hydrogens is 268 g/mol. The summed E-state index contributed by atoms with van der Waals surface area (Å²) in [5.41, 5.74) is 3.85. The van der Waals surface area contributed by atoms with E-state index >= 15 is 0 Å². The van der Waals surface area contributed by atoms with Crippen LogP contribution in [0.15, 0.2) is 54.6 Å². The Morgan fingerprint density at radius 1 is 0.952 bits per heavy atom. The Kier molecular flexibility index (Phi) is 4.68. The largest absolute Gasteiger partial charge is 0.326 e. The molecule has 1 atom stereocenters. The van der Waals surface area contributed by atoms with Gasteiger partial charge in [-0.05, 0) is 23.3 Å². The lowest BCUT2D eigenvalue weighted by Crippen LogP contribution is -2.27. The van der Waals surface area contributed by atoms with Crippen molar-refractivity contribution in [2.75, 3.05) is 5.32 Å². The number of hydrogen-bond donors (Lipinski definition) is 3. The highest BCUT2D eigenvalue weighted by Crippen LogP contribution is 2.26. The lowest BCUT2D eigenvalue weighted by molar-refractivity contribution is -0.129. The molecule has 2 aromatic carbocycles. The highest BCUT2D eigenvalue weighted by Gasteiger charge is 2.22. The van der Waals surface area contributed by atoms with E-state index in [1.54, 1.807) is 29.7 Å². The molecule has 0 spiro atoms. The Morgan fingerprint density at radius 2 is 1.52 bits per heavy atom. The molecule has 3 N–H and O–H groups in total.